The Morgan fingerprint density at radius 3 is 1.79 bits per heavy atom. The molecule has 0 spiro atoms. The number of hydrogen-bond donors (Lipinski definition) is 5. The third kappa shape index (κ3) is 12.6. The van der Waals surface area contributed by atoms with E-state index in [0.29, 0.717) is 70.9 Å². The number of phenolic OH excluding ortho intramolecular Hbond substituents is 2. The number of carbonyl (C=O) groups is 3. The molecule has 7 rings (SSSR count). The smallest absolute Gasteiger partial charge is 0.307 e. The van der Waals surface area contributed by atoms with Gasteiger partial charge in [-0.05, 0) is 154 Å². The van der Waals surface area contributed by atoms with Gasteiger partial charge in [0.25, 0.3) is 5.91 Å². The number of ether oxygens (including phenoxy) is 3. The van der Waals surface area contributed by atoms with Crippen LogP contribution >= 0.6 is 63.7 Å². The fourth-order valence-corrected chi connectivity index (χ4v) is 9.24. The van der Waals surface area contributed by atoms with Gasteiger partial charge < -0.3 is 40.0 Å². The molecule has 6 aromatic carbocycles. The Labute approximate surface area is 396 Å². The lowest BCUT2D eigenvalue weighted by molar-refractivity contribution is -0.136. The van der Waals surface area contributed by atoms with Gasteiger partial charge in [0.15, 0.2) is 11.5 Å². The molecule has 324 valence electrons. The number of benzene rings is 6. The van der Waals surface area contributed by atoms with Crippen LogP contribution in [0.25, 0.3) is 0 Å². The number of aliphatic hydroxyl groups excluding tert-OH is 1. The van der Waals surface area contributed by atoms with Crippen LogP contribution in [0.3, 0.4) is 0 Å². The zero-order chi connectivity index (χ0) is 45.2. The van der Waals surface area contributed by atoms with Crippen molar-refractivity contribution in [1.29, 1.82) is 0 Å². The van der Waals surface area contributed by atoms with Gasteiger partial charge in [0.1, 0.15) is 41.4 Å². The van der Waals surface area contributed by atoms with E-state index in [1.165, 1.54) is 31.2 Å². The molecule has 0 unspecified atom stereocenters. The number of nitrogens with one attached hydrogen (secondary N) is 1. The van der Waals surface area contributed by atoms with E-state index in [1.807, 2.05) is 48.5 Å². The zero-order valence-corrected chi connectivity index (χ0v) is 39.6. The van der Waals surface area contributed by atoms with Crippen LogP contribution in [-0.4, -0.2) is 57.2 Å². The fraction of sp³-hybridized carbons (Fsp3) is 0.149. The summed E-state index contributed by atoms with van der Waals surface area (Å²) in [5.74, 6) is 0.504. The zero-order valence-electron chi connectivity index (χ0n) is 33.2. The summed E-state index contributed by atoms with van der Waals surface area (Å²) in [7, 11) is 0. The molecule has 0 saturated carbocycles. The van der Waals surface area contributed by atoms with Gasteiger partial charge >= 0.3 is 5.97 Å². The largest absolute Gasteiger partial charge is 0.507 e. The molecule has 1 aliphatic heterocycles. The van der Waals surface area contributed by atoms with Crippen LogP contribution in [0.1, 0.15) is 57.2 Å². The van der Waals surface area contributed by atoms with Gasteiger partial charge in [-0.1, -0.05) is 60.7 Å². The van der Waals surface area contributed by atoms with Gasteiger partial charge in [-0.3, -0.25) is 14.4 Å². The minimum atomic E-state index is -0.915. The van der Waals surface area contributed by atoms with E-state index in [2.05, 4.69) is 74.0 Å². The first-order valence-corrected chi connectivity index (χ1v) is 22.3. The third-order valence-electron chi connectivity index (χ3n) is 9.30. The molecule has 0 saturated heterocycles. The van der Waals surface area contributed by atoms with Crippen molar-refractivity contribution < 1.29 is 49.0 Å². The van der Waals surface area contributed by atoms with E-state index >= 15 is 0 Å². The van der Waals surface area contributed by atoms with Crippen LogP contribution in [-0.2, 0) is 27.2 Å². The molecule has 1 amide bonds. The molecule has 0 bridgehead atoms. The van der Waals surface area contributed by atoms with E-state index in [0.717, 1.165) is 16.7 Å². The van der Waals surface area contributed by atoms with E-state index in [4.69, 9.17) is 19.3 Å². The average molecular weight is 1110 g/mol. The van der Waals surface area contributed by atoms with Crippen LogP contribution in [0, 0.1) is 0 Å². The molecule has 5 N–H and O–H groups in total. The highest BCUT2D eigenvalue weighted by Gasteiger charge is 2.25. The molecule has 1 heterocycles. The summed E-state index contributed by atoms with van der Waals surface area (Å²) in [5.41, 5.74) is 3.69. The van der Waals surface area contributed by atoms with Gasteiger partial charge in [0.05, 0.1) is 48.1 Å². The fourth-order valence-electron chi connectivity index (χ4n) is 6.36. The number of nitrogens with zero attached hydrogens (tertiary/aromatic N) is 1. The summed E-state index contributed by atoms with van der Waals surface area (Å²) in [4.78, 5) is 39.8. The van der Waals surface area contributed by atoms with E-state index in [1.54, 1.807) is 48.5 Å². The van der Waals surface area contributed by atoms with Crippen molar-refractivity contribution in [3.05, 3.63) is 173 Å². The van der Waals surface area contributed by atoms with E-state index in [9.17, 15) is 29.7 Å². The Morgan fingerprint density at radius 1 is 0.730 bits per heavy atom. The summed E-state index contributed by atoms with van der Waals surface area (Å²) in [6, 6.07) is 34.3. The monoisotopic (exact) mass is 1110 g/mol. The predicted molar refractivity (Wildman–Crippen MR) is 251 cm³/mol. The number of carboxylic acids is 1. The van der Waals surface area contributed by atoms with Crippen molar-refractivity contribution in [2.75, 3.05) is 13.2 Å². The first-order valence-electron chi connectivity index (χ1n) is 19.1. The highest BCUT2D eigenvalue weighted by atomic mass is 79.9. The Hall–Kier alpha value is -5.52. The van der Waals surface area contributed by atoms with Crippen LogP contribution in [0.4, 0.5) is 0 Å². The highest BCUT2D eigenvalue weighted by Crippen LogP contribution is 2.41. The first-order chi connectivity index (χ1) is 30.2. The van der Waals surface area contributed by atoms with Crippen LogP contribution in [0.15, 0.2) is 144 Å². The minimum absolute atomic E-state index is 0.0114. The Morgan fingerprint density at radius 2 is 1.25 bits per heavy atom. The van der Waals surface area contributed by atoms with Crippen molar-refractivity contribution >= 4 is 87.3 Å². The lowest BCUT2D eigenvalue weighted by Crippen LogP contribution is -2.30. The van der Waals surface area contributed by atoms with Crippen molar-refractivity contribution in [3.8, 4) is 34.5 Å². The van der Waals surface area contributed by atoms with Crippen LogP contribution < -0.4 is 14.8 Å². The molecule has 1 aliphatic rings. The summed E-state index contributed by atoms with van der Waals surface area (Å²) >= 11 is 13.8. The minimum Gasteiger partial charge on any atom is -0.507 e. The molecule has 6 aromatic rings. The molecule has 0 aromatic heterocycles. The Kier molecular flexibility index (Phi) is 16.2. The quantitative estimate of drug-likeness (QED) is 0.0703. The number of ketones is 1. The standard InChI is InChI=1S/C24H21Br2NO5.C23H17Br2NO5/c1-14(29)9-15-10-19(25)23(20(26)11-15)32-17-7-8-22(30)18(12-17)24(31)27-21(13-28)16-5-3-2-4-6-16;24-17-8-13(10-21(28)29)9-18(25)22(17)31-15-6-7-20(27)16(11-15)23-26-19(12-30-23)14-4-2-1-3-5-14/h2-8,10-12,21,28,30H,9,13H2,1H3,(H,27,31);1-9,11,19,27H,10,12H2,(H,28,29)/t21-;19-/m11/s1. The van der Waals surface area contributed by atoms with Crippen molar-refractivity contribution in [3.63, 3.8) is 0 Å². The summed E-state index contributed by atoms with van der Waals surface area (Å²) in [5, 5.41) is 42.0. The number of Topliss-reactive ketones (excluding diaryl/α,β-unsaturated/α-hetero) is 1. The number of aromatic hydroxyl groups is 2. The predicted octanol–water partition coefficient (Wildman–Crippen LogP) is 11.2. The second-order valence-electron chi connectivity index (χ2n) is 14.1. The molecule has 16 heteroatoms. The molecule has 0 fully saturated rings. The van der Waals surface area contributed by atoms with Crippen molar-refractivity contribution in [2.24, 2.45) is 4.99 Å². The topological polar surface area (TPSA) is 184 Å². The van der Waals surface area contributed by atoms with E-state index < -0.39 is 17.9 Å². The maximum atomic E-state index is 12.8. The Balaban J connectivity index is 0.000000210. The number of aliphatic carboxylic acids is 1. The maximum Gasteiger partial charge on any atom is 0.307 e. The molecule has 2 atom stereocenters. The number of aliphatic imine (C=N–C) groups is 1. The van der Waals surface area contributed by atoms with Gasteiger partial charge in [0, 0.05) is 6.42 Å². The number of carbonyl (C=O) groups excluding carboxylic acids is 2. The molecular weight excluding hydrogens is 1070 g/mol. The highest BCUT2D eigenvalue weighted by molar-refractivity contribution is 9.11. The SMILES string of the molecule is CC(=O)Cc1cc(Br)c(Oc2ccc(O)c(C(=O)N[C@H](CO)c3ccccc3)c2)c(Br)c1.O=C(O)Cc1cc(Br)c(Oc2ccc(O)c(C3=N[C@@H](c4ccccc4)CO3)c2)c(Br)c1. The molecule has 0 radical (unpaired) electrons. The number of phenols is 2. The molecule has 0 aliphatic carbocycles. The first kappa shape index (κ1) is 47.0. The van der Waals surface area contributed by atoms with Crippen molar-refractivity contribution in [2.45, 2.75) is 31.8 Å². The summed E-state index contributed by atoms with van der Waals surface area (Å²) in [6.45, 7) is 1.62. The Bertz CT molecular complexity index is 2620. The van der Waals surface area contributed by atoms with Gasteiger partial charge in [-0.25, -0.2) is 4.99 Å². The number of aliphatic hydroxyl groups is 1. The molecule has 12 nitrogen and oxygen atoms in total. The van der Waals surface area contributed by atoms with Crippen molar-refractivity contribution in [1.82, 2.24) is 5.32 Å². The lowest BCUT2D eigenvalue weighted by atomic mass is 10.1. The summed E-state index contributed by atoms with van der Waals surface area (Å²) in [6.07, 6.45) is 0.203. The lowest BCUT2D eigenvalue weighted by Gasteiger charge is -2.18. The van der Waals surface area contributed by atoms with Crippen LogP contribution in [0.5, 0.6) is 34.5 Å². The molecule has 63 heavy (non-hydrogen) atoms. The second kappa shape index (κ2) is 21.7. The second-order valence-corrected chi connectivity index (χ2v) is 17.5. The van der Waals surface area contributed by atoms with Crippen LogP contribution in [0.2, 0.25) is 0 Å². The van der Waals surface area contributed by atoms with Gasteiger partial charge in [-0.2, -0.15) is 0 Å². The number of halogens is 4. The normalized spacial score (nSPS) is 13.4. The van der Waals surface area contributed by atoms with E-state index in [-0.39, 0.29) is 41.9 Å². The molecular formula is C47H38Br4N2O10. The van der Waals surface area contributed by atoms with Gasteiger partial charge in [0.2, 0.25) is 5.90 Å². The number of rotatable bonds is 14. The average Bonchev–Trinajstić information content (AvgIpc) is 3.74. The summed E-state index contributed by atoms with van der Waals surface area (Å²) < 4.78 is 20.2. The third-order valence-corrected chi connectivity index (χ3v) is 11.7. The number of carboxylic acid groups (broad SMARTS) is 1. The van der Waals surface area contributed by atoms with Gasteiger partial charge in [-0.15, -0.1) is 0 Å². The maximum absolute atomic E-state index is 12.8. The number of amides is 1. The number of hydrogen-bond acceptors (Lipinski definition) is 10.